The maximum Gasteiger partial charge on any atom is 0.179 e. The zero-order valence-corrected chi connectivity index (χ0v) is 13.7. The third kappa shape index (κ3) is 2.55. The van der Waals surface area contributed by atoms with Crippen molar-refractivity contribution in [1.82, 2.24) is 30.5 Å². The molecule has 0 saturated carbocycles. The molecule has 0 bridgehead atoms. The Labute approximate surface area is 143 Å². The summed E-state index contributed by atoms with van der Waals surface area (Å²) in [6, 6.07) is 17.5. The summed E-state index contributed by atoms with van der Waals surface area (Å²) in [6.07, 6.45) is 0. The zero-order chi connectivity index (χ0) is 16.5. The second-order valence-electron chi connectivity index (χ2n) is 5.46. The van der Waals surface area contributed by atoms with Crippen molar-refractivity contribution in [2.75, 3.05) is 7.05 Å². The van der Waals surface area contributed by atoms with E-state index in [0.29, 0.717) is 10.8 Å². The minimum Gasteiger partial charge on any atom is -0.357 e. The van der Waals surface area contributed by atoms with Gasteiger partial charge in [-0.25, -0.2) is 0 Å². The lowest BCUT2D eigenvalue weighted by molar-refractivity contribution is 0.610. The zero-order valence-electron chi connectivity index (χ0n) is 12.9. The molecule has 0 amide bonds. The van der Waals surface area contributed by atoms with Gasteiger partial charge in [-0.1, -0.05) is 29.8 Å². The summed E-state index contributed by atoms with van der Waals surface area (Å²) in [5.41, 5.74) is 2.94. The maximum atomic E-state index is 5.97. The lowest BCUT2D eigenvalue weighted by atomic mass is 10.1. The molecule has 2 heterocycles. The molecule has 0 aliphatic heterocycles. The van der Waals surface area contributed by atoms with Crippen LogP contribution in [0.15, 0.2) is 54.6 Å². The van der Waals surface area contributed by atoms with Crippen LogP contribution in [0, 0.1) is 0 Å². The van der Waals surface area contributed by atoms with Gasteiger partial charge >= 0.3 is 0 Å². The Balaban J connectivity index is 1.79. The quantitative estimate of drug-likeness (QED) is 0.600. The monoisotopic (exact) mass is 338 g/mol. The molecule has 7 heteroatoms. The highest BCUT2D eigenvalue weighted by molar-refractivity contribution is 6.30. The predicted octanol–water partition coefficient (Wildman–Crippen LogP) is 3.11. The molecular weight excluding hydrogens is 324 g/mol. The Morgan fingerprint density at radius 3 is 2.67 bits per heavy atom. The number of hydrogen-bond acceptors (Lipinski definition) is 4. The molecule has 1 atom stereocenters. The van der Waals surface area contributed by atoms with Gasteiger partial charge in [0.25, 0.3) is 0 Å². The van der Waals surface area contributed by atoms with Gasteiger partial charge in [0, 0.05) is 16.2 Å². The average molecular weight is 339 g/mol. The fourth-order valence-corrected chi connectivity index (χ4v) is 2.94. The van der Waals surface area contributed by atoms with E-state index >= 15 is 0 Å². The number of nitrogens with one attached hydrogen (secondary N) is 2. The molecule has 2 aromatic heterocycles. The lowest BCUT2D eigenvalue weighted by Crippen LogP contribution is -2.22. The molecule has 0 spiro atoms. The van der Waals surface area contributed by atoms with Crippen LogP contribution in [-0.2, 0) is 0 Å². The molecule has 0 aliphatic rings. The van der Waals surface area contributed by atoms with Crippen molar-refractivity contribution in [2.24, 2.45) is 0 Å². The number of aromatic nitrogens is 5. The summed E-state index contributed by atoms with van der Waals surface area (Å²) in [5, 5.41) is 17.3. The first-order chi connectivity index (χ1) is 11.8. The fraction of sp³-hybridized carbons (Fsp3) is 0.118. The van der Waals surface area contributed by atoms with Crippen LogP contribution in [0.2, 0.25) is 5.02 Å². The van der Waals surface area contributed by atoms with Gasteiger partial charge in [-0.3, -0.25) is 0 Å². The third-order valence-electron chi connectivity index (χ3n) is 3.97. The SMILES string of the molecule is CN[C@@H](c1cc2ccccc2[nH]1)c1nnnn1-c1ccc(Cl)cc1. The highest BCUT2D eigenvalue weighted by Gasteiger charge is 2.22. The number of rotatable bonds is 4. The minimum atomic E-state index is -0.164. The molecular formula is C17H15ClN6. The van der Waals surface area contributed by atoms with Crippen molar-refractivity contribution < 1.29 is 0 Å². The topological polar surface area (TPSA) is 71.4 Å². The molecule has 0 unspecified atom stereocenters. The first kappa shape index (κ1) is 14.9. The van der Waals surface area contributed by atoms with E-state index in [1.54, 1.807) is 4.68 Å². The fourth-order valence-electron chi connectivity index (χ4n) is 2.82. The largest absolute Gasteiger partial charge is 0.357 e. The number of halogens is 1. The van der Waals surface area contributed by atoms with Crippen molar-refractivity contribution in [3.8, 4) is 5.69 Å². The molecule has 2 aromatic carbocycles. The van der Waals surface area contributed by atoms with Crippen LogP contribution >= 0.6 is 11.6 Å². The first-order valence-electron chi connectivity index (χ1n) is 7.55. The highest BCUT2D eigenvalue weighted by atomic mass is 35.5. The molecule has 24 heavy (non-hydrogen) atoms. The number of H-pyrrole nitrogens is 1. The standard InChI is InChI=1S/C17H15ClN6/c1-19-16(15-10-11-4-2-3-5-14(11)20-15)17-21-22-23-24(17)13-8-6-12(18)7-9-13/h2-10,16,19-20H,1H3/t16-/m0/s1. The van der Waals surface area contributed by atoms with Gasteiger partial charge in [0.1, 0.15) is 6.04 Å². The molecule has 0 aliphatic carbocycles. The van der Waals surface area contributed by atoms with E-state index in [1.165, 1.54) is 0 Å². The number of tetrazole rings is 1. The second kappa shape index (κ2) is 6.07. The van der Waals surface area contributed by atoms with Crippen LogP contribution in [0.4, 0.5) is 0 Å². The summed E-state index contributed by atoms with van der Waals surface area (Å²) >= 11 is 5.97. The van der Waals surface area contributed by atoms with E-state index in [9.17, 15) is 0 Å². The Morgan fingerprint density at radius 1 is 1.12 bits per heavy atom. The number of para-hydroxylation sites is 1. The average Bonchev–Trinajstić information content (AvgIpc) is 3.23. The van der Waals surface area contributed by atoms with Crippen LogP contribution in [0.3, 0.4) is 0 Å². The summed E-state index contributed by atoms with van der Waals surface area (Å²) in [5.74, 6) is 0.700. The summed E-state index contributed by atoms with van der Waals surface area (Å²) in [4.78, 5) is 3.43. The van der Waals surface area contributed by atoms with E-state index in [4.69, 9.17) is 11.6 Å². The Hall–Kier alpha value is -2.70. The number of aromatic amines is 1. The van der Waals surface area contributed by atoms with Crippen LogP contribution in [0.25, 0.3) is 16.6 Å². The van der Waals surface area contributed by atoms with Crippen molar-refractivity contribution >= 4 is 22.5 Å². The molecule has 4 rings (SSSR count). The number of nitrogens with zero attached hydrogens (tertiary/aromatic N) is 4. The van der Waals surface area contributed by atoms with Crippen molar-refractivity contribution in [3.63, 3.8) is 0 Å². The summed E-state index contributed by atoms with van der Waals surface area (Å²) in [7, 11) is 1.89. The highest BCUT2D eigenvalue weighted by Crippen LogP contribution is 2.25. The van der Waals surface area contributed by atoms with Gasteiger partial charge < -0.3 is 10.3 Å². The van der Waals surface area contributed by atoms with Gasteiger partial charge in [0.15, 0.2) is 5.82 Å². The van der Waals surface area contributed by atoms with Gasteiger partial charge in [-0.05, 0) is 59.3 Å². The predicted molar refractivity (Wildman–Crippen MR) is 93.4 cm³/mol. The van der Waals surface area contributed by atoms with Gasteiger partial charge in [-0.2, -0.15) is 4.68 Å². The Bertz CT molecular complexity index is 939. The van der Waals surface area contributed by atoms with Crippen LogP contribution in [-0.4, -0.2) is 32.2 Å². The molecule has 2 N–H and O–H groups in total. The lowest BCUT2D eigenvalue weighted by Gasteiger charge is -2.14. The van der Waals surface area contributed by atoms with E-state index in [2.05, 4.69) is 38.0 Å². The molecule has 0 fully saturated rings. The van der Waals surface area contributed by atoms with E-state index < -0.39 is 0 Å². The van der Waals surface area contributed by atoms with Crippen LogP contribution < -0.4 is 5.32 Å². The second-order valence-corrected chi connectivity index (χ2v) is 5.90. The Kier molecular flexibility index (Phi) is 3.76. The van der Waals surface area contributed by atoms with Gasteiger partial charge in [-0.15, -0.1) is 5.10 Å². The van der Waals surface area contributed by atoms with Gasteiger partial charge in [0.2, 0.25) is 0 Å². The summed E-state index contributed by atoms with van der Waals surface area (Å²) < 4.78 is 1.71. The number of hydrogen-bond donors (Lipinski definition) is 2. The molecule has 4 aromatic rings. The number of benzene rings is 2. The smallest absolute Gasteiger partial charge is 0.179 e. The maximum absolute atomic E-state index is 5.97. The van der Waals surface area contributed by atoms with Crippen molar-refractivity contribution in [3.05, 3.63) is 71.1 Å². The van der Waals surface area contributed by atoms with Crippen LogP contribution in [0.5, 0.6) is 0 Å². The first-order valence-corrected chi connectivity index (χ1v) is 7.93. The van der Waals surface area contributed by atoms with Gasteiger partial charge in [0.05, 0.1) is 5.69 Å². The minimum absolute atomic E-state index is 0.164. The van der Waals surface area contributed by atoms with Crippen LogP contribution in [0.1, 0.15) is 17.6 Å². The summed E-state index contributed by atoms with van der Waals surface area (Å²) in [6.45, 7) is 0. The van der Waals surface area contributed by atoms with E-state index in [-0.39, 0.29) is 6.04 Å². The molecule has 6 nitrogen and oxygen atoms in total. The molecule has 120 valence electrons. The van der Waals surface area contributed by atoms with E-state index in [1.807, 2.05) is 49.5 Å². The third-order valence-corrected chi connectivity index (χ3v) is 4.23. The normalized spacial score (nSPS) is 12.6. The van der Waals surface area contributed by atoms with Crippen molar-refractivity contribution in [2.45, 2.75) is 6.04 Å². The van der Waals surface area contributed by atoms with Crippen molar-refractivity contribution in [1.29, 1.82) is 0 Å². The molecule has 0 radical (unpaired) electrons. The van der Waals surface area contributed by atoms with E-state index in [0.717, 1.165) is 22.3 Å². The Morgan fingerprint density at radius 2 is 1.92 bits per heavy atom. The molecule has 0 saturated heterocycles. The number of fused-ring (bicyclic) bond motifs is 1.